The van der Waals surface area contributed by atoms with Crippen molar-refractivity contribution in [1.82, 2.24) is 4.72 Å². The SMILES string of the molecule is CNS(=O)(=O)c1cccc(OC2CC2)c1C. The molecule has 0 heterocycles. The summed E-state index contributed by atoms with van der Waals surface area (Å²) in [5, 5.41) is 0. The second-order valence-corrected chi connectivity index (χ2v) is 5.76. The molecule has 0 amide bonds. The summed E-state index contributed by atoms with van der Waals surface area (Å²) < 4.78 is 31.4. The number of benzene rings is 1. The third-order valence-corrected chi connectivity index (χ3v) is 4.17. The van der Waals surface area contributed by atoms with Gasteiger partial charge in [-0.1, -0.05) is 6.07 Å². The molecule has 1 aromatic carbocycles. The Morgan fingerprint density at radius 1 is 1.38 bits per heavy atom. The number of hydrogen-bond acceptors (Lipinski definition) is 3. The first-order valence-electron chi connectivity index (χ1n) is 5.24. The second-order valence-electron chi connectivity index (χ2n) is 3.90. The van der Waals surface area contributed by atoms with Crippen LogP contribution in [0, 0.1) is 6.92 Å². The average Bonchev–Trinajstić information content (AvgIpc) is 3.05. The van der Waals surface area contributed by atoms with Crippen LogP contribution in [0.15, 0.2) is 23.1 Å². The fraction of sp³-hybridized carbons (Fsp3) is 0.455. The zero-order valence-electron chi connectivity index (χ0n) is 9.36. The van der Waals surface area contributed by atoms with E-state index in [0.717, 1.165) is 12.8 Å². The van der Waals surface area contributed by atoms with Crippen LogP contribution in [0.1, 0.15) is 18.4 Å². The van der Waals surface area contributed by atoms with E-state index < -0.39 is 10.0 Å². The molecule has 0 radical (unpaired) electrons. The summed E-state index contributed by atoms with van der Waals surface area (Å²) >= 11 is 0. The second kappa shape index (κ2) is 4.07. The maximum atomic E-state index is 11.7. The first-order valence-corrected chi connectivity index (χ1v) is 6.73. The van der Waals surface area contributed by atoms with Crippen LogP contribution in [0.3, 0.4) is 0 Å². The van der Waals surface area contributed by atoms with Crippen LogP contribution >= 0.6 is 0 Å². The van der Waals surface area contributed by atoms with Crippen molar-refractivity contribution in [3.63, 3.8) is 0 Å². The van der Waals surface area contributed by atoms with E-state index in [-0.39, 0.29) is 11.0 Å². The molecule has 0 saturated heterocycles. The highest BCUT2D eigenvalue weighted by atomic mass is 32.2. The molecule has 1 saturated carbocycles. The van der Waals surface area contributed by atoms with Crippen LogP contribution in [0.5, 0.6) is 5.75 Å². The summed E-state index contributed by atoms with van der Waals surface area (Å²) in [6.45, 7) is 1.77. The highest BCUT2D eigenvalue weighted by molar-refractivity contribution is 7.89. The molecule has 1 aromatic rings. The van der Waals surface area contributed by atoms with Crippen molar-refractivity contribution in [3.05, 3.63) is 23.8 Å². The van der Waals surface area contributed by atoms with Gasteiger partial charge >= 0.3 is 0 Å². The largest absolute Gasteiger partial charge is 0.490 e. The van der Waals surface area contributed by atoms with Gasteiger partial charge in [-0.2, -0.15) is 0 Å². The van der Waals surface area contributed by atoms with Crippen LogP contribution < -0.4 is 9.46 Å². The van der Waals surface area contributed by atoms with Gasteiger partial charge in [0.1, 0.15) is 5.75 Å². The van der Waals surface area contributed by atoms with Crippen LogP contribution in [0.25, 0.3) is 0 Å². The molecule has 1 aliphatic rings. The van der Waals surface area contributed by atoms with Gasteiger partial charge in [-0.05, 0) is 38.9 Å². The monoisotopic (exact) mass is 241 g/mol. The van der Waals surface area contributed by atoms with Crippen molar-refractivity contribution >= 4 is 10.0 Å². The van der Waals surface area contributed by atoms with Crippen LogP contribution in [0.2, 0.25) is 0 Å². The summed E-state index contributed by atoms with van der Waals surface area (Å²) in [6, 6.07) is 5.10. The van der Waals surface area contributed by atoms with E-state index >= 15 is 0 Å². The molecule has 0 aliphatic heterocycles. The third kappa shape index (κ3) is 2.20. The molecular weight excluding hydrogens is 226 g/mol. The predicted octanol–water partition coefficient (Wildman–Crippen LogP) is 1.44. The first-order chi connectivity index (χ1) is 7.54. The average molecular weight is 241 g/mol. The summed E-state index contributed by atoms with van der Waals surface area (Å²) in [6.07, 6.45) is 2.39. The molecule has 1 fully saturated rings. The van der Waals surface area contributed by atoms with Crippen LogP contribution in [0.4, 0.5) is 0 Å². The van der Waals surface area contributed by atoms with Gasteiger partial charge in [0, 0.05) is 5.56 Å². The Kier molecular flexibility index (Phi) is 2.90. The Hall–Kier alpha value is -1.07. The summed E-state index contributed by atoms with van der Waals surface area (Å²) in [5.74, 6) is 0.666. The van der Waals surface area contributed by atoms with Crippen molar-refractivity contribution < 1.29 is 13.2 Å². The molecule has 5 heteroatoms. The molecule has 0 atom stereocenters. The highest BCUT2D eigenvalue weighted by Crippen LogP contribution is 2.31. The third-order valence-electron chi connectivity index (χ3n) is 2.61. The fourth-order valence-electron chi connectivity index (χ4n) is 1.49. The molecule has 1 aliphatic carbocycles. The lowest BCUT2D eigenvalue weighted by Gasteiger charge is -2.11. The molecule has 1 N–H and O–H groups in total. The van der Waals surface area contributed by atoms with Gasteiger partial charge < -0.3 is 4.74 Å². The first kappa shape index (κ1) is 11.4. The Morgan fingerprint density at radius 2 is 2.06 bits per heavy atom. The van der Waals surface area contributed by atoms with Crippen molar-refractivity contribution in [2.24, 2.45) is 0 Å². The van der Waals surface area contributed by atoms with Gasteiger partial charge in [-0.25, -0.2) is 13.1 Å². The zero-order chi connectivity index (χ0) is 11.8. The summed E-state index contributed by atoms with van der Waals surface area (Å²) in [7, 11) is -1.99. The smallest absolute Gasteiger partial charge is 0.240 e. The van der Waals surface area contributed by atoms with Crippen molar-refractivity contribution in [2.45, 2.75) is 30.8 Å². The van der Waals surface area contributed by atoms with E-state index in [2.05, 4.69) is 4.72 Å². The standard InChI is InChI=1S/C11H15NO3S/c1-8-10(15-9-6-7-9)4-3-5-11(8)16(13,14)12-2/h3-5,9,12H,6-7H2,1-2H3. The summed E-state index contributed by atoms with van der Waals surface area (Å²) in [4.78, 5) is 0.285. The van der Waals surface area contributed by atoms with Gasteiger partial charge in [0.15, 0.2) is 0 Å². The summed E-state index contributed by atoms with van der Waals surface area (Å²) in [5.41, 5.74) is 0.670. The Morgan fingerprint density at radius 3 is 2.62 bits per heavy atom. The zero-order valence-corrected chi connectivity index (χ0v) is 10.2. The van der Waals surface area contributed by atoms with E-state index in [1.54, 1.807) is 19.1 Å². The number of nitrogens with one attached hydrogen (secondary N) is 1. The lowest BCUT2D eigenvalue weighted by atomic mass is 10.2. The van der Waals surface area contributed by atoms with E-state index in [1.807, 2.05) is 6.07 Å². The maximum Gasteiger partial charge on any atom is 0.240 e. The van der Waals surface area contributed by atoms with Crippen LogP contribution in [-0.2, 0) is 10.0 Å². The molecule has 4 nitrogen and oxygen atoms in total. The van der Waals surface area contributed by atoms with Crippen molar-refractivity contribution in [3.8, 4) is 5.75 Å². The van der Waals surface area contributed by atoms with Crippen LogP contribution in [-0.4, -0.2) is 21.6 Å². The topological polar surface area (TPSA) is 55.4 Å². The fourth-order valence-corrected chi connectivity index (χ4v) is 2.47. The predicted molar refractivity (Wildman–Crippen MR) is 61.1 cm³/mol. The molecule has 0 unspecified atom stereocenters. The van der Waals surface area contributed by atoms with Gasteiger partial charge in [0.05, 0.1) is 11.0 Å². The van der Waals surface area contributed by atoms with E-state index in [9.17, 15) is 8.42 Å². The number of ether oxygens (including phenoxy) is 1. The maximum absolute atomic E-state index is 11.7. The number of sulfonamides is 1. The lowest BCUT2D eigenvalue weighted by Crippen LogP contribution is -2.19. The van der Waals surface area contributed by atoms with Gasteiger partial charge in [0.2, 0.25) is 10.0 Å². The lowest BCUT2D eigenvalue weighted by molar-refractivity contribution is 0.300. The highest BCUT2D eigenvalue weighted by Gasteiger charge is 2.25. The van der Waals surface area contributed by atoms with Crippen molar-refractivity contribution in [2.75, 3.05) is 7.05 Å². The van der Waals surface area contributed by atoms with Gasteiger partial charge in [-0.15, -0.1) is 0 Å². The molecule has 0 bridgehead atoms. The minimum absolute atomic E-state index is 0.270. The van der Waals surface area contributed by atoms with Gasteiger partial charge in [-0.3, -0.25) is 0 Å². The molecule has 0 spiro atoms. The number of rotatable bonds is 4. The molecule has 16 heavy (non-hydrogen) atoms. The molecule has 0 aromatic heterocycles. The quantitative estimate of drug-likeness (QED) is 0.868. The molecule has 2 rings (SSSR count). The minimum atomic E-state index is -3.40. The Bertz CT molecular complexity index is 492. The molecule has 88 valence electrons. The van der Waals surface area contributed by atoms with Crippen molar-refractivity contribution in [1.29, 1.82) is 0 Å². The Balaban J connectivity index is 2.39. The Labute approximate surface area is 95.7 Å². The molecular formula is C11H15NO3S. The normalized spacial score (nSPS) is 16.1. The minimum Gasteiger partial charge on any atom is -0.490 e. The van der Waals surface area contributed by atoms with E-state index in [1.165, 1.54) is 7.05 Å². The number of hydrogen-bond donors (Lipinski definition) is 1. The van der Waals surface area contributed by atoms with E-state index in [4.69, 9.17) is 4.74 Å². The van der Waals surface area contributed by atoms with E-state index in [0.29, 0.717) is 11.3 Å². The van der Waals surface area contributed by atoms with Gasteiger partial charge in [0.25, 0.3) is 0 Å².